The fraction of sp³-hybridized carbons (Fsp3) is 0.125. The largest absolute Gasteiger partial charge is 0.318 e. The lowest BCUT2D eigenvalue weighted by Crippen LogP contribution is -2.39. The zero-order chi connectivity index (χ0) is 16.8. The Bertz CT molecular complexity index is 731. The van der Waals surface area contributed by atoms with E-state index < -0.39 is 16.7 Å². The molecule has 0 bridgehead atoms. The number of amides is 2. The van der Waals surface area contributed by atoms with E-state index in [1.54, 1.807) is 31.2 Å². The van der Waals surface area contributed by atoms with E-state index >= 15 is 0 Å². The Morgan fingerprint density at radius 2 is 1.83 bits per heavy atom. The first-order chi connectivity index (χ1) is 11.0. The fourth-order valence-corrected chi connectivity index (χ4v) is 2.06. The van der Waals surface area contributed by atoms with Crippen LogP contribution in [0.3, 0.4) is 0 Å². The summed E-state index contributed by atoms with van der Waals surface area (Å²) in [5, 5.41) is 13.1. The lowest BCUT2D eigenvalue weighted by atomic mass is 10.2. The molecule has 2 rings (SSSR count). The highest BCUT2D eigenvalue weighted by Crippen LogP contribution is 2.18. The number of hydrogen-bond acceptors (Lipinski definition) is 4. The predicted octanol–water partition coefficient (Wildman–Crippen LogP) is 2.59. The summed E-state index contributed by atoms with van der Waals surface area (Å²) in [5.74, 6) is -1.58. The second-order valence-electron chi connectivity index (χ2n) is 4.65. The van der Waals surface area contributed by atoms with Gasteiger partial charge >= 0.3 is 11.8 Å². The summed E-state index contributed by atoms with van der Waals surface area (Å²) in [6, 6.07) is 14.2. The van der Waals surface area contributed by atoms with Crippen LogP contribution in [0.25, 0.3) is 0 Å². The van der Waals surface area contributed by atoms with Crippen LogP contribution in [0.1, 0.15) is 6.92 Å². The van der Waals surface area contributed by atoms with Crippen LogP contribution >= 0.6 is 0 Å². The topological polar surface area (TPSA) is 92.6 Å². The molecule has 7 nitrogen and oxygen atoms in total. The normalized spacial score (nSPS) is 9.96. The Hall–Kier alpha value is -3.22. The SMILES string of the molecule is CCN(C(=O)C(=O)Nc1cccc([N+](=O)[O-])c1)c1ccccc1. The summed E-state index contributed by atoms with van der Waals surface area (Å²) in [6.45, 7) is 2.08. The molecule has 0 aliphatic carbocycles. The number of para-hydroxylation sites is 1. The van der Waals surface area contributed by atoms with E-state index in [-0.39, 0.29) is 11.4 Å². The number of non-ortho nitro benzene ring substituents is 1. The van der Waals surface area contributed by atoms with Crippen molar-refractivity contribution in [3.05, 3.63) is 64.7 Å². The van der Waals surface area contributed by atoms with Gasteiger partial charge in [-0.1, -0.05) is 24.3 Å². The van der Waals surface area contributed by atoms with Gasteiger partial charge in [0.2, 0.25) is 0 Å². The van der Waals surface area contributed by atoms with Crippen LogP contribution in [0, 0.1) is 10.1 Å². The number of rotatable bonds is 4. The van der Waals surface area contributed by atoms with Gasteiger partial charge in [0.1, 0.15) is 0 Å². The third-order valence-corrected chi connectivity index (χ3v) is 3.14. The number of nitro benzene ring substituents is 1. The van der Waals surface area contributed by atoms with Crippen LogP contribution < -0.4 is 10.2 Å². The Balaban J connectivity index is 2.15. The minimum absolute atomic E-state index is 0.161. The number of anilines is 2. The van der Waals surface area contributed by atoms with Gasteiger partial charge in [0, 0.05) is 30.1 Å². The highest BCUT2D eigenvalue weighted by molar-refractivity contribution is 6.44. The number of nitro groups is 1. The van der Waals surface area contributed by atoms with Crippen LogP contribution in [0.4, 0.5) is 17.1 Å². The first-order valence-electron chi connectivity index (χ1n) is 6.95. The Labute approximate surface area is 132 Å². The van der Waals surface area contributed by atoms with Crippen molar-refractivity contribution in [3.8, 4) is 0 Å². The minimum Gasteiger partial charge on any atom is -0.318 e. The van der Waals surface area contributed by atoms with Crippen molar-refractivity contribution in [2.75, 3.05) is 16.8 Å². The zero-order valence-corrected chi connectivity index (χ0v) is 12.4. The van der Waals surface area contributed by atoms with E-state index in [0.717, 1.165) is 0 Å². The lowest BCUT2D eigenvalue weighted by Gasteiger charge is -2.20. The van der Waals surface area contributed by atoms with Gasteiger partial charge in [0.05, 0.1) is 4.92 Å². The molecule has 1 N–H and O–H groups in total. The highest BCUT2D eigenvalue weighted by Gasteiger charge is 2.22. The number of likely N-dealkylation sites (N-methyl/N-ethyl adjacent to an activating group) is 1. The fourth-order valence-electron chi connectivity index (χ4n) is 2.06. The van der Waals surface area contributed by atoms with Crippen LogP contribution in [0.15, 0.2) is 54.6 Å². The van der Waals surface area contributed by atoms with Crippen LogP contribution in [-0.4, -0.2) is 23.3 Å². The van der Waals surface area contributed by atoms with E-state index in [4.69, 9.17) is 0 Å². The number of carbonyl (C=O) groups excluding carboxylic acids is 2. The third-order valence-electron chi connectivity index (χ3n) is 3.14. The summed E-state index contributed by atoms with van der Waals surface area (Å²) in [6.07, 6.45) is 0. The number of nitrogens with one attached hydrogen (secondary N) is 1. The third kappa shape index (κ3) is 3.91. The summed E-state index contributed by atoms with van der Waals surface area (Å²) < 4.78 is 0. The van der Waals surface area contributed by atoms with Crippen molar-refractivity contribution >= 4 is 28.9 Å². The molecule has 0 atom stereocenters. The molecule has 0 heterocycles. The molecular formula is C16H15N3O4. The Kier molecular flexibility index (Phi) is 5.03. The molecule has 0 fully saturated rings. The first-order valence-corrected chi connectivity index (χ1v) is 6.95. The molecule has 0 saturated carbocycles. The van der Waals surface area contributed by atoms with Gasteiger partial charge in [0.25, 0.3) is 5.69 Å². The molecule has 2 amide bonds. The van der Waals surface area contributed by atoms with Crippen molar-refractivity contribution in [1.29, 1.82) is 0 Å². The standard InChI is InChI=1S/C16H15N3O4/c1-2-18(13-8-4-3-5-9-13)16(21)15(20)17-12-7-6-10-14(11-12)19(22)23/h3-11H,2H2,1H3,(H,17,20). The van der Waals surface area contributed by atoms with Gasteiger partial charge in [0.15, 0.2) is 0 Å². The minimum atomic E-state index is -0.851. The first kappa shape index (κ1) is 16.2. The Morgan fingerprint density at radius 1 is 1.13 bits per heavy atom. The lowest BCUT2D eigenvalue weighted by molar-refractivity contribution is -0.384. The van der Waals surface area contributed by atoms with Crippen molar-refractivity contribution in [2.45, 2.75) is 6.92 Å². The number of benzene rings is 2. The van der Waals surface area contributed by atoms with Gasteiger partial charge in [-0.25, -0.2) is 0 Å². The molecule has 0 aliphatic rings. The molecule has 0 unspecified atom stereocenters. The van der Waals surface area contributed by atoms with Crippen molar-refractivity contribution < 1.29 is 14.5 Å². The maximum Gasteiger partial charge on any atom is 0.316 e. The van der Waals surface area contributed by atoms with Gasteiger partial charge in [-0.3, -0.25) is 19.7 Å². The Morgan fingerprint density at radius 3 is 2.43 bits per heavy atom. The van der Waals surface area contributed by atoms with Crippen LogP contribution in [0.5, 0.6) is 0 Å². The van der Waals surface area contributed by atoms with Gasteiger partial charge in [-0.15, -0.1) is 0 Å². The summed E-state index contributed by atoms with van der Waals surface area (Å²) in [5.41, 5.74) is 0.640. The molecule has 0 spiro atoms. The van der Waals surface area contributed by atoms with E-state index in [1.165, 1.54) is 29.2 Å². The monoisotopic (exact) mass is 313 g/mol. The number of carbonyl (C=O) groups is 2. The highest BCUT2D eigenvalue weighted by atomic mass is 16.6. The summed E-state index contributed by atoms with van der Waals surface area (Å²) in [7, 11) is 0. The van der Waals surface area contributed by atoms with Crippen molar-refractivity contribution in [1.82, 2.24) is 0 Å². The molecule has 2 aromatic rings. The van der Waals surface area contributed by atoms with Crippen molar-refractivity contribution in [2.24, 2.45) is 0 Å². The molecule has 0 aromatic heterocycles. The molecule has 118 valence electrons. The molecule has 2 aromatic carbocycles. The summed E-state index contributed by atoms with van der Waals surface area (Å²) in [4.78, 5) is 35.9. The molecule has 0 saturated heterocycles. The van der Waals surface area contributed by atoms with Gasteiger partial charge < -0.3 is 10.2 Å². The molecule has 23 heavy (non-hydrogen) atoms. The maximum atomic E-state index is 12.3. The molecular weight excluding hydrogens is 298 g/mol. The predicted molar refractivity (Wildman–Crippen MR) is 86.2 cm³/mol. The van der Waals surface area contributed by atoms with Crippen LogP contribution in [0.2, 0.25) is 0 Å². The quantitative estimate of drug-likeness (QED) is 0.533. The zero-order valence-electron chi connectivity index (χ0n) is 12.4. The maximum absolute atomic E-state index is 12.3. The van der Waals surface area contributed by atoms with E-state index in [2.05, 4.69) is 5.32 Å². The van der Waals surface area contributed by atoms with Gasteiger partial charge in [-0.05, 0) is 25.1 Å². The summed E-state index contributed by atoms with van der Waals surface area (Å²) >= 11 is 0. The number of nitrogens with zero attached hydrogens (tertiary/aromatic N) is 2. The molecule has 7 heteroatoms. The van der Waals surface area contributed by atoms with E-state index in [9.17, 15) is 19.7 Å². The number of hydrogen-bond donors (Lipinski definition) is 1. The molecule has 0 aliphatic heterocycles. The second-order valence-corrected chi connectivity index (χ2v) is 4.65. The van der Waals surface area contributed by atoms with Crippen molar-refractivity contribution in [3.63, 3.8) is 0 Å². The van der Waals surface area contributed by atoms with E-state index in [1.807, 2.05) is 6.07 Å². The average Bonchev–Trinajstić information content (AvgIpc) is 2.56. The van der Waals surface area contributed by atoms with Gasteiger partial charge in [-0.2, -0.15) is 0 Å². The van der Waals surface area contributed by atoms with E-state index in [0.29, 0.717) is 12.2 Å². The molecule has 0 radical (unpaired) electrons. The average molecular weight is 313 g/mol. The second kappa shape index (κ2) is 7.17. The smallest absolute Gasteiger partial charge is 0.316 e. The van der Waals surface area contributed by atoms with Crippen LogP contribution in [-0.2, 0) is 9.59 Å².